The van der Waals surface area contributed by atoms with Gasteiger partial charge in [-0.25, -0.2) is 13.4 Å². The number of anilines is 2. The number of sulfone groups is 1. The summed E-state index contributed by atoms with van der Waals surface area (Å²) in [5.41, 5.74) is 1.89. The first-order valence-electron chi connectivity index (χ1n) is 7.85. The topological polar surface area (TPSA) is 53.5 Å². The molecule has 0 unspecified atom stereocenters. The van der Waals surface area contributed by atoms with Crippen molar-refractivity contribution in [2.24, 2.45) is 0 Å². The number of hydrogen-bond donors (Lipinski definition) is 0. The van der Waals surface area contributed by atoms with Gasteiger partial charge in [-0.2, -0.15) is 8.78 Å². The summed E-state index contributed by atoms with van der Waals surface area (Å²) < 4.78 is 48.1. The van der Waals surface area contributed by atoms with E-state index in [4.69, 9.17) is 0 Å². The molecular weight excluding hydrogens is 368 g/mol. The predicted octanol–water partition coefficient (Wildman–Crippen LogP) is 3.08. The van der Waals surface area contributed by atoms with Crippen molar-refractivity contribution in [3.63, 3.8) is 0 Å². The summed E-state index contributed by atoms with van der Waals surface area (Å²) in [6.45, 7) is 7.20. The Kier molecular flexibility index (Phi) is 4.97. The minimum atomic E-state index is -4.54. The minimum Gasteiger partial charge on any atom is -0.368 e. The number of nitrogens with zero attached hydrogens (tertiary/aromatic N) is 3. The molecule has 0 atom stereocenters. The maximum absolute atomic E-state index is 12.6. The van der Waals surface area contributed by atoms with Gasteiger partial charge in [-0.15, -0.1) is 11.3 Å². The molecule has 2 heterocycles. The number of hydrogen-bond acceptors (Lipinski definition) is 6. The molecule has 2 aromatic rings. The zero-order valence-corrected chi connectivity index (χ0v) is 15.6. The van der Waals surface area contributed by atoms with Crippen molar-refractivity contribution >= 4 is 32.0 Å². The molecule has 0 radical (unpaired) electrons. The van der Waals surface area contributed by atoms with Gasteiger partial charge in [0.1, 0.15) is 0 Å². The number of halogens is 2. The normalized spacial score (nSPS) is 15.9. The van der Waals surface area contributed by atoms with Crippen molar-refractivity contribution in [3.05, 3.63) is 34.8 Å². The molecule has 9 heteroatoms. The molecule has 3 rings (SSSR count). The third-order valence-electron chi connectivity index (χ3n) is 4.33. The molecule has 5 nitrogen and oxygen atoms in total. The zero-order valence-electron chi connectivity index (χ0n) is 13.9. The van der Waals surface area contributed by atoms with E-state index >= 15 is 0 Å². The van der Waals surface area contributed by atoms with E-state index in [2.05, 4.69) is 21.7 Å². The largest absolute Gasteiger partial charge is 0.368 e. The highest BCUT2D eigenvalue weighted by atomic mass is 32.2. The van der Waals surface area contributed by atoms with Crippen LogP contribution in [0.4, 0.5) is 19.6 Å². The van der Waals surface area contributed by atoms with E-state index < -0.39 is 15.6 Å². The SMILES string of the molecule is Cc1nc(N2CCN(c3ccc(S(=O)(=O)C(F)F)cc3)CC2)sc1C. The average Bonchev–Trinajstić information content (AvgIpc) is 2.94. The van der Waals surface area contributed by atoms with E-state index in [1.165, 1.54) is 17.0 Å². The lowest BCUT2D eigenvalue weighted by Crippen LogP contribution is -2.46. The Labute approximate surface area is 149 Å². The van der Waals surface area contributed by atoms with Crippen LogP contribution in [0.1, 0.15) is 10.6 Å². The molecule has 1 saturated heterocycles. The standard InChI is InChI=1S/C16H19F2N3O2S2/c1-11-12(2)24-16(19-11)21-9-7-20(8-10-21)13-3-5-14(6-4-13)25(22,23)15(17)18/h3-6,15H,7-10H2,1-2H3. The van der Waals surface area contributed by atoms with Crippen molar-refractivity contribution < 1.29 is 17.2 Å². The van der Waals surface area contributed by atoms with E-state index in [1.807, 2.05) is 6.92 Å². The smallest absolute Gasteiger partial charge is 0.341 e. The van der Waals surface area contributed by atoms with Crippen LogP contribution >= 0.6 is 11.3 Å². The Hall–Kier alpha value is -1.74. The van der Waals surface area contributed by atoms with Crippen LogP contribution in [0.2, 0.25) is 0 Å². The van der Waals surface area contributed by atoms with Crippen LogP contribution in [0.15, 0.2) is 29.2 Å². The molecule has 1 aromatic carbocycles. The highest BCUT2D eigenvalue weighted by molar-refractivity contribution is 7.91. The van der Waals surface area contributed by atoms with E-state index in [9.17, 15) is 17.2 Å². The monoisotopic (exact) mass is 387 g/mol. The fourth-order valence-corrected chi connectivity index (χ4v) is 4.38. The molecule has 0 N–H and O–H groups in total. The van der Waals surface area contributed by atoms with Gasteiger partial charge in [0.2, 0.25) is 9.84 Å². The molecule has 1 aliphatic rings. The summed E-state index contributed by atoms with van der Waals surface area (Å²) in [6.07, 6.45) is 0. The summed E-state index contributed by atoms with van der Waals surface area (Å²) in [6, 6.07) is 5.67. The number of benzene rings is 1. The molecule has 1 fully saturated rings. The summed E-state index contributed by atoms with van der Waals surface area (Å²) >= 11 is 1.68. The Morgan fingerprint density at radius 3 is 2.08 bits per heavy atom. The second-order valence-corrected chi connectivity index (χ2v) is 9.01. The second kappa shape index (κ2) is 6.87. The van der Waals surface area contributed by atoms with E-state index in [1.54, 1.807) is 23.5 Å². The van der Waals surface area contributed by atoms with Gasteiger partial charge >= 0.3 is 5.76 Å². The van der Waals surface area contributed by atoms with E-state index in [0.29, 0.717) is 0 Å². The highest BCUT2D eigenvalue weighted by Gasteiger charge is 2.27. The molecule has 0 aliphatic carbocycles. The van der Waals surface area contributed by atoms with Crippen LogP contribution < -0.4 is 9.80 Å². The first-order chi connectivity index (χ1) is 11.8. The van der Waals surface area contributed by atoms with Crippen molar-refractivity contribution in [1.82, 2.24) is 4.98 Å². The van der Waals surface area contributed by atoms with Crippen molar-refractivity contribution in [2.75, 3.05) is 36.0 Å². The van der Waals surface area contributed by atoms with E-state index in [0.717, 1.165) is 42.7 Å². The fraction of sp³-hybridized carbons (Fsp3) is 0.438. The Bertz CT molecular complexity index is 823. The van der Waals surface area contributed by atoms with Gasteiger partial charge in [-0.1, -0.05) is 0 Å². The molecule has 0 amide bonds. The van der Waals surface area contributed by atoms with Gasteiger partial charge in [0.15, 0.2) is 5.13 Å². The Morgan fingerprint density at radius 1 is 1.04 bits per heavy atom. The number of aryl methyl sites for hydroxylation is 2. The van der Waals surface area contributed by atoms with Gasteiger partial charge < -0.3 is 9.80 Å². The third-order valence-corrected chi connectivity index (χ3v) is 6.86. The number of thiazole rings is 1. The van der Waals surface area contributed by atoms with Gasteiger partial charge in [0.05, 0.1) is 10.6 Å². The van der Waals surface area contributed by atoms with Crippen LogP contribution in [0, 0.1) is 13.8 Å². The molecule has 25 heavy (non-hydrogen) atoms. The Morgan fingerprint density at radius 2 is 1.60 bits per heavy atom. The van der Waals surface area contributed by atoms with Crippen LogP contribution in [-0.2, 0) is 9.84 Å². The van der Waals surface area contributed by atoms with Crippen molar-refractivity contribution in [1.29, 1.82) is 0 Å². The number of rotatable bonds is 4. The maximum Gasteiger partial charge on any atom is 0.341 e. The molecule has 0 bridgehead atoms. The molecule has 0 spiro atoms. The maximum atomic E-state index is 12.6. The molecule has 0 saturated carbocycles. The lowest BCUT2D eigenvalue weighted by molar-refractivity contribution is 0.234. The van der Waals surface area contributed by atoms with E-state index in [-0.39, 0.29) is 4.90 Å². The summed E-state index contributed by atoms with van der Waals surface area (Å²) in [5.74, 6) is -3.40. The lowest BCUT2D eigenvalue weighted by Gasteiger charge is -2.36. The first kappa shape index (κ1) is 18.1. The molecule has 136 valence electrons. The van der Waals surface area contributed by atoms with Crippen LogP contribution in [-0.4, -0.2) is 45.3 Å². The lowest BCUT2D eigenvalue weighted by atomic mass is 10.2. The molecule has 1 aliphatic heterocycles. The molecular formula is C16H19F2N3O2S2. The summed E-state index contributed by atoms with van der Waals surface area (Å²) in [4.78, 5) is 9.79. The quantitative estimate of drug-likeness (QED) is 0.807. The average molecular weight is 387 g/mol. The van der Waals surface area contributed by atoms with Crippen molar-refractivity contribution in [3.8, 4) is 0 Å². The van der Waals surface area contributed by atoms with Gasteiger partial charge in [-0.05, 0) is 38.1 Å². The number of aromatic nitrogens is 1. The first-order valence-corrected chi connectivity index (χ1v) is 10.2. The van der Waals surface area contributed by atoms with Gasteiger partial charge in [-0.3, -0.25) is 0 Å². The second-order valence-electron chi connectivity index (χ2n) is 5.91. The summed E-state index contributed by atoms with van der Waals surface area (Å²) in [5, 5.41) is 1.02. The number of piperazine rings is 1. The van der Waals surface area contributed by atoms with Crippen molar-refractivity contribution in [2.45, 2.75) is 24.5 Å². The third kappa shape index (κ3) is 3.62. The summed E-state index contributed by atoms with van der Waals surface area (Å²) in [7, 11) is -4.54. The van der Waals surface area contributed by atoms with Crippen LogP contribution in [0.3, 0.4) is 0 Å². The fourth-order valence-electron chi connectivity index (χ4n) is 2.70. The predicted molar refractivity (Wildman–Crippen MR) is 95.6 cm³/mol. The zero-order chi connectivity index (χ0) is 18.2. The van der Waals surface area contributed by atoms with Gasteiger partial charge in [0.25, 0.3) is 0 Å². The Balaban J connectivity index is 1.67. The molecule has 1 aromatic heterocycles. The van der Waals surface area contributed by atoms with Crippen LogP contribution in [0.5, 0.6) is 0 Å². The minimum absolute atomic E-state index is 0.348. The van der Waals surface area contributed by atoms with Crippen LogP contribution in [0.25, 0.3) is 0 Å². The highest BCUT2D eigenvalue weighted by Crippen LogP contribution is 2.28. The number of alkyl halides is 2. The van der Waals surface area contributed by atoms with Gasteiger partial charge in [0, 0.05) is 36.7 Å².